The number of nitrogens with zero attached hydrogens (tertiary/aromatic N) is 4. The van der Waals surface area contributed by atoms with Crippen LogP contribution in [0, 0.1) is 34.6 Å². The molecule has 0 saturated carbocycles. The molecule has 3 aliphatic heterocycles. The lowest BCUT2D eigenvalue weighted by Gasteiger charge is -2.17. The van der Waals surface area contributed by atoms with Gasteiger partial charge >= 0.3 is 7.40 Å². The van der Waals surface area contributed by atoms with Crippen LogP contribution in [0.25, 0.3) is 96.5 Å². The van der Waals surface area contributed by atoms with E-state index in [0.29, 0.717) is 39.5 Å². The van der Waals surface area contributed by atoms with Crippen molar-refractivity contribution in [1.82, 2.24) is 24.4 Å². The normalized spacial score (nSPS) is 13.4. The molecule has 0 spiro atoms. The Hall–Kier alpha value is -9.48. The van der Waals surface area contributed by atoms with Gasteiger partial charge in [0.1, 0.15) is 0 Å². The number of fused-ring (bicyclic) bond motifs is 8. The number of aromatic amines is 2. The van der Waals surface area contributed by atoms with Crippen LogP contribution in [-0.2, 0) is 0 Å². The highest BCUT2D eigenvalue weighted by Crippen LogP contribution is 2.41. The molecule has 0 aliphatic carbocycles. The molecule has 1 amide bonds. The lowest BCUT2D eigenvalue weighted by Crippen LogP contribution is -2.18. The van der Waals surface area contributed by atoms with Gasteiger partial charge in [0.2, 0.25) is 0 Å². The van der Waals surface area contributed by atoms with Gasteiger partial charge in [0.15, 0.2) is 0 Å². The van der Waals surface area contributed by atoms with Crippen LogP contribution in [0.2, 0.25) is 0 Å². The summed E-state index contributed by atoms with van der Waals surface area (Å²) in [5.41, 5.74) is 24.2. The fourth-order valence-electron chi connectivity index (χ4n) is 11.0. The lowest BCUT2D eigenvalue weighted by atomic mass is 9.94. The summed E-state index contributed by atoms with van der Waals surface area (Å²) in [6.07, 6.45) is 10.3. The zero-order valence-corrected chi connectivity index (χ0v) is 44.4. The average Bonchev–Trinajstić information content (AvgIpc) is 4.45. The predicted octanol–water partition coefficient (Wildman–Crippen LogP) is 16.9. The van der Waals surface area contributed by atoms with Crippen molar-refractivity contribution in [3.05, 3.63) is 237 Å². The van der Waals surface area contributed by atoms with Gasteiger partial charge in [0, 0.05) is 78.2 Å². The molecule has 380 valence electrons. The van der Waals surface area contributed by atoms with Gasteiger partial charge in [0.25, 0.3) is 5.91 Å². The number of aryl methyl sites for hydroxylation is 5. The molecule has 9 aromatic rings. The Morgan fingerprint density at radius 1 is 0.500 bits per heavy atom. The van der Waals surface area contributed by atoms with Gasteiger partial charge in [-0.15, -0.1) is 0 Å². The van der Waals surface area contributed by atoms with E-state index in [2.05, 4.69) is 157 Å². The van der Waals surface area contributed by atoms with Crippen molar-refractivity contribution in [2.24, 2.45) is 4.99 Å². The van der Waals surface area contributed by atoms with Gasteiger partial charge in [-0.25, -0.2) is 9.97 Å². The Labute approximate surface area is 452 Å². The smallest absolute Gasteiger partial charge is 0.354 e. The molecule has 5 aromatic carbocycles. The molecule has 0 radical (unpaired) electrons. The number of nitrogens with one attached hydrogen (secondary N) is 3. The molecule has 3 aliphatic rings. The molecule has 78 heavy (non-hydrogen) atoms. The summed E-state index contributed by atoms with van der Waals surface area (Å²) in [7, 11) is -2.74. The molecule has 0 saturated heterocycles. The first-order chi connectivity index (χ1) is 37.7. The number of benzene rings is 5. The number of amides is 1. The lowest BCUT2D eigenvalue weighted by molar-refractivity contribution is 0.102. The van der Waals surface area contributed by atoms with Crippen molar-refractivity contribution in [2.75, 3.05) is 5.32 Å². The number of carbonyl (C=O) groups excluding carboxylic acids is 1. The minimum Gasteiger partial charge on any atom is -0.354 e. The van der Waals surface area contributed by atoms with Gasteiger partial charge in [0.05, 0.1) is 28.5 Å². The van der Waals surface area contributed by atoms with E-state index in [1.54, 1.807) is 25.1 Å². The quantitative estimate of drug-likeness (QED) is 0.125. The predicted molar refractivity (Wildman–Crippen MR) is 319 cm³/mol. The Balaban J connectivity index is 0.985. The summed E-state index contributed by atoms with van der Waals surface area (Å²) in [5.74, 6) is -0.302. The average molecular weight is 1020 g/mol. The van der Waals surface area contributed by atoms with Crippen LogP contribution in [0.5, 0.6) is 0 Å². The van der Waals surface area contributed by atoms with Crippen LogP contribution >= 0.6 is 0 Å². The largest absolute Gasteiger partial charge is 0.677 e. The number of halogens is 2. The highest BCUT2D eigenvalue weighted by atomic mass is 19.2. The van der Waals surface area contributed by atoms with Gasteiger partial charge in [-0.3, -0.25) is 18.4 Å². The third-order valence-corrected chi connectivity index (χ3v) is 14.8. The minimum absolute atomic E-state index is 0.302. The molecule has 8 nitrogen and oxygen atoms in total. The van der Waals surface area contributed by atoms with Gasteiger partial charge < -0.3 is 19.8 Å². The SMILES string of the molecule is CC1=CC(C)=N/C1=C(/c1ccc(NC(=O)c2ccc(-c3c4nc(c(-c5ccc(C)cc5)c5ccc([nH]5)c(-c5ccc(C)cc5)c5nc(c(-c6ccc(C)cc6)c6ccc3[nH]6)C=C5)C=C4)cc2)cc1)c1c(C)cc(C)n1B(F)F. The number of aliphatic imine (C=N–C) groups is 1. The van der Waals surface area contributed by atoms with Crippen LogP contribution in [0.4, 0.5) is 14.3 Å². The Morgan fingerprint density at radius 3 is 1.26 bits per heavy atom. The van der Waals surface area contributed by atoms with Crippen LogP contribution < -0.4 is 5.32 Å². The highest BCUT2D eigenvalue weighted by Gasteiger charge is 2.29. The molecule has 3 N–H and O–H groups in total. The fraction of sp³-hybridized carbons (Fsp3) is 0.104. The third-order valence-electron chi connectivity index (χ3n) is 14.8. The monoisotopic (exact) mass is 1020 g/mol. The number of rotatable bonds is 9. The summed E-state index contributed by atoms with van der Waals surface area (Å²) in [6, 6.07) is 50.8. The fourth-order valence-corrected chi connectivity index (χ4v) is 11.0. The maximum Gasteiger partial charge on any atom is 0.677 e. The van der Waals surface area contributed by atoms with Gasteiger partial charge in [-0.05, 0) is 172 Å². The van der Waals surface area contributed by atoms with Gasteiger partial charge in [-0.1, -0.05) is 114 Å². The molecule has 7 heterocycles. The maximum absolute atomic E-state index is 14.6. The molecule has 11 heteroatoms. The van der Waals surface area contributed by atoms with Crippen molar-refractivity contribution >= 4 is 76.7 Å². The van der Waals surface area contributed by atoms with E-state index in [0.717, 1.165) is 122 Å². The van der Waals surface area contributed by atoms with Crippen molar-refractivity contribution in [1.29, 1.82) is 0 Å². The second-order valence-electron chi connectivity index (χ2n) is 20.5. The van der Waals surface area contributed by atoms with E-state index in [1.807, 2.05) is 63.2 Å². The van der Waals surface area contributed by atoms with Crippen LogP contribution in [0.15, 0.2) is 174 Å². The number of carbonyl (C=O) groups is 1. The van der Waals surface area contributed by atoms with Gasteiger partial charge in [-0.2, -0.15) is 0 Å². The summed E-state index contributed by atoms with van der Waals surface area (Å²) >= 11 is 0. The number of anilines is 1. The Kier molecular flexibility index (Phi) is 12.6. The second-order valence-corrected chi connectivity index (χ2v) is 20.5. The molecule has 4 aromatic heterocycles. The number of hydrogen-bond acceptors (Lipinski definition) is 4. The van der Waals surface area contributed by atoms with Crippen molar-refractivity contribution in [2.45, 2.75) is 48.5 Å². The molecule has 0 fully saturated rings. The number of aromatic nitrogens is 5. The summed E-state index contributed by atoms with van der Waals surface area (Å²) in [6.45, 7) is 13.6. The van der Waals surface area contributed by atoms with E-state index in [9.17, 15) is 13.4 Å². The highest BCUT2D eigenvalue weighted by molar-refractivity contribution is 6.41. The minimum atomic E-state index is -2.74. The van der Waals surface area contributed by atoms with Crippen molar-refractivity contribution in [3.63, 3.8) is 0 Å². The van der Waals surface area contributed by atoms with E-state index >= 15 is 0 Å². The summed E-state index contributed by atoms with van der Waals surface area (Å²) < 4.78 is 30.4. The molecule has 0 atom stereocenters. The molecule has 0 unspecified atom stereocenters. The topological polar surface area (TPSA) is 104 Å². The van der Waals surface area contributed by atoms with Crippen molar-refractivity contribution < 1.29 is 13.4 Å². The van der Waals surface area contributed by atoms with Crippen LogP contribution in [0.1, 0.15) is 86.2 Å². The van der Waals surface area contributed by atoms with Crippen LogP contribution in [0.3, 0.4) is 0 Å². The van der Waals surface area contributed by atoms with E-state index in [4.69, 9.17) is 15.0 Å². The standard InChI is InChI=1S/C67H54BF2N7O/c1-38-8-14-45(15-9-38)60-52-28-30-54(73-52)61(46-16-10-39(2)11-17-46)56-32-34-58(75-56)63(59-35-33-57(76-59)62(55-31-29-53(60)74-55)47-18-12-40(3)13-19-47)48-20-22-50(23-21-48)67(78)72-51-26-24-49(25-27-51)64(65-41(4)36-43(6)71-65)66-42(5)37-44(7)77(66)68(69)70/h8-37,73,76H,1-7H3,(H,72,78)/b60-52?,60-53?,61-54?,61-56?,62-55?,62-57?,63-58?,63-59?,65-64-. The van der Waals surface area contributed by atoms with E-state index in [-0.39, 0.29) is 5.91 Å². The summed E-state index contributed by atoms with van der Waals surface area (Å²) in [5, 5.41) is 3.06. The third kappa shape index (κ3) is 9.17. The first kappa shape index (κ1) is 49.4. The zero-order chi connectivity index (χ0) is 53.9. The Bertz CT molecular complexity index is 4200. The number of allylic oxidation sites excluding steroid dienone is 2. The molecular formula is C67H54BF2N7O. The molecular weight excluding hydrogens is 968 g/mol. The van der Waals surface area contributed by atoms with E-state index < -0.39 is 7.40 Å². The Morgan fingerprint density at radius 2 is 0.885 bits per heavy atom. The first-order valence-corrected chi connectivity index (χ1v) is 26.1. The first-order valence-electron chi connectivity index (χ1n) is 26.1. The molecule has 12 rings (SSSR count). The number of H-pyrrole nitrogens is 2. The second kappa shape index (κ2) is 19.9. The van der Waals surface area contributed by atoms with Crippen molar-refractivity contribution in [3.8, 4) is 44.5 Å². The van der Waals surface area contributed by atoms with E-state index in [1.165, 1.54) is 5.56 Å². The summed E-state index contributed by atoms with van der Waals surface area (Å²) in [4.78, 5) is 37.5. The van der Waals surface area contributed by atoms with Crippen LogP contribution in [-0.4, -0.2) is 43.4 Å². The number of hydrogen-bond donors (Lipinski definition) is 3. The molecule has 8 bridgehead atoms. The zero-order valence-electron chi connectivity index (χ0n) is 44.4. The maximum atomic E-state index is 14.6.